The molecule has 1 rings (SSSR count). The molecule has 0 spiro atoms. The predicted molar refractivity (Wildman–Crippen MR) is 55.3 cm³/mol. The second-order valence-corrected chi connectivity index (χ2v) is 4.40. The smallest absolute Gasteiger partial charge is 0.303 e. The Balaban J connectivity index is 2.13. The van der Waals surface area contributed by atoms with E-state index in [0.717, 1.165) is 0 Å². The van der Waals surface area contributed by atoms with Crippen molar-refractivity contribution in [3.63, 3.8) is 0 Å². The Hall–Kier alpha value is -1.22. The quantitative estimate of drug-likeness (QED) is 0.679. The Morgan fingerprint density at radius 2 is 2.20 bits per heavy atom. The molecule has 0 saturated carbocycles. The number of hydrogen-bond donors (Lipinski definition) is 1. The van der Waals surface area contributed by atoms with E-state index in [9.17, 15) is 9.59 Å². The number of nitrogens with zero attached hydrogens (tertiary/aromatic N) is 2. The Bertz CT molecular complexity index is 294. The SMILES string of the molecule is N#CCSCC(=O)N1CC(CC(=O)O)C1. The lowest BCUT2D eigenvalue weighted by molar-refractivity contribution is -0.143. The van der Waals surface area contributed by atoms with E-state index in [4.69, 9.17) is 10.4 Å². The molecule has 0 aromatic rings. The van der Waals surface area contributed by atoms with Gasteiger partial charge in [-0.1, -0.05) is 0 Å². The van der Waals surface area contributed by atoms with Crippen LogP contribution < -0.4 is 0 Å². The van der Waals surface area contributed by atoms with Gasteiger partial charge in [-0.25, -0.2) is 0 Å². The molecular formula is C9H12N2O3S. The zero-order chi connectivity index (χ0) is 11.3. The second kappa shape index (κ2) is 5.61. The van der Waals surface area contributed by atoms with Crippen molar-refractivity contribution >= 4 is 23.6 Å². The molecule has 0 bridgehead atoms. The van der Waals surface area contributed by atoms with Crippen LogP contribution >= 0.6 is 11.8 Å². The number of carbonyl (C=O) groups excluding carboxylic acids is 1. The third-order valence-electron chi connectivity index (χ3n) is 2.17. The average molecular weight is 228 g/mol. The number of hydrogen-bond acceptors (Lipinski definition) is 4. The van der Waals surface area contributed by atoms with Gasteiger partial charge in [-0.3, -0.25) is 9.59 Å². The largest absolute Gasteiger partial charge is 0.481 e. The topological polar surface area (TPSA) is 81.4 Å². The first kappa shape index (κ1) is 11.9. The highest BCUT2D eigenvalue weighted by molar-refractivity contribution is 8.00. The normalized spacial score (nSPS) is 15.5. The van der Waals surface area contributed by atoms with Crippen LogP contribution in [-0.4, -0.2) is 46.5 Å². The summed E-state index contributed by atoms with van der Waals surface area (Å²) in [7, 11) is 0. The standard InChI is InChI=1S/C9H12N2O3S/c10-1-2-15-6-8(12)11-4-7(5-11)3-9(13)14/h7H,2-6H2,(H,13,14). The van der Waals surface area contributed by atoms with Gasteiger partial charge in [0.2, 0.25) is 5.91 Å². The van der Waals surface area contributed by atoms with Crippen LogP contribution in [0, 0.1) is 17.2 Å². The molecule has 1 fully saturated rings. The molecule has 0 radical (unpaired) electrons. The van der Waals surface area contributed by atoms with Crippen molar-refractivity contribution in [2.75, 3.05) is 24.6 Å². The Morgan fingerprint density at radius 1 is 1.53 bits per heavy atom. The van der Waals surface area contributed by atoms with Gasteiger partial charge in [-0.2, -0.15) is 5.26 Å². The highest BCUT2D eigenvalue weighted by Crippen LogP contribution is 2.19. The summed E-state index contributed by atoms with van der Waals surface area (Å²) in [5, 5.41) is 16.8. The highest BCUT2D eigenvalue weighted by atomic mass is 32.2. The van der Waals surface area contributed by atoms with Gasteiger partial charge in [0, 0.05) is 19.0 Å². The molecular weight excluding hydrogens is 216 g/mol. The van der Waals surface area contributed by atoms with E-state index >= 15 is 0 Å². The summed E-state index contributed by atoms with van der Waals surface area (Å²) in [6.07, 6.45) is 0.134. The monoisotopic (exact) mass is 228 g/mol. The van der Waals surface area contributed by atoms with Crippen molar-refractivity contribution in [3.8, 4) is 6.07 Å². The van der Waals surface area contributed by atoms with E-state index in [1.165, 1.54) is 11.8 Å². The van der Waals surface area contributed by atoms with Crippen LogP contribution in [0.5, 0.6) is 0 Å². The zero-order valence-corrected chi connectivity index (χ0v) is 9.00. The third-order valence-corrected chi connectivity index (χ3v) is 2.95. The van der Waals surface area contributed by atoms with Crippen molar-refractivity contribution in [2.45, 2.75) is 6.42 Å². The summed E-state index contributed by atoms with van der Waals surface area (Å²) in [5.41, 5.74) is 0. The Kier molecular flexibility index (Phi) is 4.43. The van der Waals surface area contributed by atoms with Crippen LogP contribution in [0.4, 0.5) is 0 Å². The van der Waals surface area contributed by atoms with Crippen molar-refractivity contribution < 1.29 is 14.7 Å². The number of carboxylic acids is 1. The number of thioether (sulfide) groups is 1. The van der Waals surface area contributed by atoms with E-state index in [2.05, 4.69) is 0 Å². The van der Waals surface area contributed by atoms with Crippen molar-refractivity contribution in [3.05, 3.63) is 0 Å². The van der Waals surface area contributed by atoms with E-state index in [1.807, 2.05) is 6.07 Å². The summed E-state index contributed by atoms with van der Waals surface area (Å²) < 4.78 is 0. The highest BCUT2D eigenvalue weighted by Gasteiger charge is 2.31. The molecule has 1 N–H and O–H groups in total. The Morgan fingerprint density at radius 3 is 2.73 bits per heavy atom. The van der Waals surface area contributed by atoms with Crippen LogP contribution in [0.25, 0.3) is 0 Å². The first-order valence-electron chi connectivity index (χ1n) is 4.57. The Labute approximate surface area is 92.0 Å². The van der Waals surface area contributed by atoms with Gasteiger partial charge in [-0.15, -0.1) is 11.8 Å². The first-order chi connectivity index (χ1) is 7.13. The number of carboxylic acid groups (broad SMARTS) is 1. The molecule has 0 aliphatic carbocycles. The van der Waals surface area contributed by atoms with Crippen LogP contribution in [0.2, 0.25) is 0 Å². The van der Waals surface area contributed by atoms with E-state index < -0.39 is 5.97 Å². The zero-order valence-electron chi connectivity index (χ0n) is 8.18. The number of amides is 1. The third kappa shape index (κ3) is 3.80. The number of carbonyl (C=O) groups is 2. The predicted octanol–water partition coefficient (Wildman–Crippen LogP) is 0.176. The van der Waals surface area contributed by atoms with Crippen molar-refractivity contribution in [2.24, 2.45) is 5.92 Å². The molecule has 0 aromatic carbocycles. The van der Waals surface area contributed by atoms with Crippen molar-refractivity contribution in [1.82, 2.24) is 4.90 Å². The van der Waals surface area contributed by atoms with Crippen LogP contribution in [-0.2, 0) is 9.59 Å². The molecule has 0 aromatic heterocycles. The fraction of sp³-hybridized carbons (Fsp3) is 0.667. The average Bonchev–Trinajstić information content (AvgIpc) is 2.10. The number of likely N-dealkylation sites (tertiary alicyclic amines) is 1. The molecule has 1 amide bonds. The van der Waals surface area contributed by atoms with E-state index in [1.54, 1.807) is 4.90 Å². The molecule has 6 heteroatoms. The summed E-state index contributed by atoms with van der Waals surface area (Å²) >= 11 is 1.29. The fourth-order valence-corrected chi connectivity index (χ4v) is 1.98. The maximum Gasteiger partial charge on any atom is 0.303 e. The minimum atomic E-state index is -0.814. The van der Waals surface area contributed by atoms with Crippen LogP contribution in [0.3, 0.4) is 0 Å². The van der Waals surface area contributed by atoms with Gasteiger partial charge in [-0.05, 0) is 0 Å². The van der Waals surface area contributed by atoms with Crippen LogP contribution in [0.1, 0.15) is 6.42 Å². The molecule has 15 heavy (non-hydrogen) atoms. The van der Waals surface area contributed by atoms with Crippen molar-refractivity contribution in [1.29, 1.82) is 5.26 Å². The number of nitriles is 1. The number of rotatable bonds is 5. The fourth-order valence-electron chi connectivity index (χ4n) is 1.42. The van der Waals surface area contributed by atoms with Gasteiger partial charge in [0.25, 0.3) is 0 Å². The molecule has 0 atom stereocenters. The minimum absolute atomic E-state index is 0.00288. The van der Waals surface area contributed by atoms with Gasteiger partial charge >= 0.3 is 5.97 Å². The minimum Gasteiger partial charge on any atom is -0.481 e. The number of aliphatic carboxylic acids is 1. The molecule has 5 nitrogen and oxygen atoms in total. The summed E-state index contributed by atoms with van der Waals surface area (Å²) in [5.74, 6) is -0.0823. The van der Waals surface area contributed by atoms with Gasteiger partial charge < -0.3 is 10.0 Å². The van der Waals surface area contributed by atoms with E-state index in [-0.39, 0.29) is 18.2 Å². The molecule has 1 saturated heterocycles. The van der Waals surface area contributed by atoms with Crippen LogP contribution in [0.15, 0.2) is 0 Å². The lowest BCUT2D eigenvalue weighted by Crippen LogP contribution is -2.51. The maximum atomic E-state index is 11.4. The molecule has 1 aliphatic rings. The molecule has 1 aliphatic heterocycles. The molecule has 82 valence electrons. The summed E-state index contributed by atoms with van der Waals surface area (Å²) in [6.45, 7) is 1.08. The second-order valence-electron chi connectivity index (χ2n) is 3.41. The lowest BCUT2D eigenvalue weighted by Gasteiger charge is -2.38. The summed E-state index contributed by atoms with van der Waals surface area (Å²) in [6, 6.07) is 1.95. The van der Waals surface area contributed by atoms with Gasteiger partial charge in [0.05, 0.1) is 24.0 Å². The summed E-state index contributed by atoms with van der Waals surface area (Å²) in [4.78, 5) is 23.4. The molecule has 0 unspecified atom stereocenters. The first-order valence-corrected chi connectivity index (χ1v) is 5.73. The van der Waals surface area contributed by atoms with E-state index in [0.29, 0.717) is 24.6 Å². The van der Waals surface area contributed by atoms with Gasteiger partial charge in [0.1, 0.15) is 0 Å². The van der Waals surface area contributed by atoms with Gasteiger partial charge in [0.15, 0.2) is 0 Å². The lowest BCUT2D eigenvalue weighted by atomic mass is 9.96. The maximum absolute atomic E-state index is 11.4. The molecule has 1 heterocycles.